The van der Waals surface area contributed by atoms with Gasteiger partial charge in [-0.2, -0.15) is 0 Å². The molecule has 0 saturated heterocycles. The minimum absolute atomic E-state index is 0.0453. The number of fused-ring (bicyclic) bond motifs is 2. The van der Waals surface area contributed by atoms with Crippen molar-refractivity contribution < 1.29 is 9.59 Å². The van der Waals surface area contributed by atoms with E-state index in [9.17, 15) is 9.59 Å². The first-order chi connectivity index (χ1) is 10.6. The van der Waals surface area contributed by atoms with Crippen molar-refractivity contribution in [2.45, 2.75) is 6.92 Å². The number of hydrogen-bond acceptors (Lipinski definition) is 3. The van der Waals surface area contributed by atoms with E-state index in [-0.39, 0.29) is 26.1 Å². The molecule has 4 heteroatoms. The Balaban J connectivity index is 1.88. The number of aryl methyl sites for hydroxylation is 1. The van der Waals surface area contributed by atoms with Gasteiger partial charge in [0, 0.05) is 0 Å². The summed E-state index contributed by atoms with van der Waals surface area (Å²) < 4.78 is 1.44. The number of carbonyl (C=O) groups is 2. The van der Waals surface area contributed by atoms with Crippen LogP contribution in [-0.4, -0.2) is 31.1 Å². The number of ketones is 2. The molecular formula is C18H11NO2Se. The molecule has 106 valence electrons. The Morgan fingerprint density at radius 3 is 2.18 bits per heavy atom. The first-order valence-corrected chi connectivity index (χ1v) is 8.63. The number of rotatable bonds is 1. The Labute approximate surface area is 133 Å². The molecule has 1 aliphatic rings. The molecule has 3 nitrogen and oxygen atoms in total. The van der Waals surface area contributed by atoms with Crippen molar-refractivity contribution >= 4 is 26.1 Å². The Morgan fingerprint density at radius 2 is 1.50 bits per heavy atom. The average Bonchev–Trinajstić information content (AvgIpc) is 2.99. The molecule has 1 aliphatic carbocycles. The zero-order valence-electron chi connectivity index (χ0n) is 11.8. The summed E-state index contributed by atoms with van der Waals surface area (Å²) >= 11 is -0.217. The van der Waals surface area contributed by atoms with Gasteiger partial charge in [0.25, 0.3) is 0 Å². The predicted octanol–water partition coefficient (Wildman–Crippen LogP) is 2.89. The molecule has 0 atom stereocenters. The summed E-state index contributed by atoms with van der Waals surface area (Å²) in [5.41, 5.74) is 3.49. The summed E-state index contributed by atoms with van der Waals surface area (Å²) in [6.45, 7) is 2.03. The molecule has 4 rings (SSSR count). The molecule has 2 aromatic carbocycles. The van der Waals surface area contributed by atoms with E-state index in [2.05, 4.69) is 4.98 Å². The molecule has 0 amide bonds. The topological polar surface area (TPSA) is 47.0 Å². The van der Waals surface area contributed by atoms with Crippen LogP contribution in [0.5, 0.6) is 0 Å². The quantitative estimate of drug-likeness (QED) is 0.495. The first-order valence-electron chi connectivity index (χ1n) is 6.91. The van der Waals surface area contributed by atoms with Crippen LogP contribution in [0, 0.1) is 6.92 Å². The third-order valence-electron chi connectivity index (χ3n) is 3.76. The third-order valence-corrected chi connectivity index (χ3v) is 6.08. The fourth-order valence-electron chi connectivity index (χ4n) is 2.58. The summed E-state index contributed by atoms with van der Waals surface area (Å²) in [6, 6.07) is 15.0. The molecule has 0 aliphatic heterocycles. The zero-order valence-corrected chi connectivity index (χ0v) is 13.5. The normalized spacial score (nSPS) is 13.0. The second-order valence-corrected chi connectivity index (χ2v) is 7.36. The van der Waals surface area contributed by atoms with E-state index in [0.29, 0.717) is 21.3 Å². The van der Waals surface area contributed by atoms with Crippen molar-refractivity contribution in [2.24, 2.45) is 0 Å². The van der Waals surface area contributed by atoms with Crippen LogP contribution in [0.15, 0.2) is 48.5 Å². The average molecular weight is 352 g/mol. The summed E-state index contributed by atoms with van der Waals surface area (Å²) in [6.07, 6.45) is 0. The SMILES string of the molecule is Cc1ccc(-c2nc3c([se]2)C(=O)c2ccccc2C3=O)cc1. The number of carbonyl (C=O) groups excluding carboxylic acids is 2. The van der Waals surface area contributed by atoms with Gasteiger partial charge in [0.15, 0.2) is 0 Å². The molecule has 0 radical (unpaired) electrons. The van der Waals surface area contributed by atoms with Gasteiger partial charge in [0.2, 0.25) is 0 Å². The summed E-state index contributed by atoms with van der Waals surface area (Å²) in [5, 5.41) is 0. The van der Waals surface area contributed by atoms with Crippen molar-refractivity contribution in [1.82, 2.24) is 4.98 Å². The molecule has 1 aromatic heterocycles. The molecule has 3 aromatic rings. The van der Waals surface area contributed by atoms with Gasteiger partial charge in [-0.1, -0.05) is 0 Å². The first kappa shape index (κ1) is 13.4. The Kier molecular flexibility index (Phi) is 2.96. The molecule has 0 spiro atoms. The molecule has 0 unspecified atom stereocenters. The second-order valence-electron chi connectivity index (χ2n) is 5.27. The Hall–Kier alpha value is -2.29. The van der Waals surface area contributed by atoms with Crippen LogP contribution in [0.3, 0.4) is 0 Å². The van der Waals surface area contributed by atoms with Gasteiger partial charge in [-0.25, -0.2) is 0 Å². The van der Waals surface area contributed by atoms with Gasteiger partial charge in [-0.05, 0) is 0 Å². The maximum atomic E-state index is 12.6. The molecule has 0 saturated carbocycles. The van der Waals surface area contributed by atoms with E-state index in [1.165, 1.54) is 5.56 Å². The number of benzene rings is 2. The van der Waals surface area contributed by atoms with Crippen LogP contribution in [0.2, 0.25) is 0 Å². The predicted molar refractivity (Wildman–Crippen MR) is 84.7 cm³/mol. The monoisotopic (exact) mass is 353 g/mol. The van der Waals surface area contributed by atoms with Crippen LogP contribution in [-0.2, 0) is 0 Å². The van der Waals surface area contributed by atoms with Crippen molar-refractivity contribution in [3.63, 3.8) is 0 Å². The van der Waals surface area contributed by atoms with E-state index >= 15 is 0 Å². The van der Waals surface area contributed by atoms with Gasteiger partial charge in [-0.3, -0.25) is 0 Å². The number of aromatic nitrogens is 1. The van der Waals surface area contributed by atoms with Crippen LogP contribution >= 0.6 is 0 Å². The van der Waals surface area contributed by atoms with E-state index in [0.717, 1.165) is 10.1 Å². The van der Waals surface area contributed by atoms with E-state index in [1.54, 1.807) is 24.3 Å². The van der Waals surface area contributed by atoms with E-state index < -0.39 is 0 Å². The van der Waals surface area contributed by atoms with Gasteiger partial charge in [-0.15, -0.1) is 0 Å². The Morgan fingerprint density at radius 1 is 0.864 bits per heavy atom. The van der Waals surface area contributed by atoms with Gasteiger partial charge in [0.05, 0.1) is 0 Å². The molecule has 22 heavy (non-hydrogen) atoms. The van der Waals surface area contributed by atoms with Gasteiger partial charge >= 0.3 is 133 Å². The van der Waals surface area contributed by atoms with Crippen molar-refractivity contribution in [1.29, 1.82) is 0 Å². The molecular weight excluding hydrogens is 341 g/mol. The Bertz CT molecular complexity index is 870. The number of hydrogen-bond donors (Lipinski definition) is 0. The van der Waals surface area contributed by atoms with Crippen LogP contribution < -0.4 is 0 Å². The summed E-state index contributed by atoms with van der Waals surface area (Å²) in [4.78, 5) is 29.7. The zero-order chi connectivity index (χ0) is 15.3. The minimum atomic E-state index is -0.217. The van der Waals surface area contributed by atoms with E-state index in [4.69, 9.17) is 0 Å². The maximum absolute atomic E-state index is 12.6. The van der Waals surface area contributed by atoms with Crippen molar-refractivity contribution in [2.75, 3.05) is 0 Å². The van der Waals surface area contributed by atoms with Crippen LogP contribution in [0.4, 0.5) is 0 Å². The summed E-state index contributed by atoms with van der Waals surface area (Å²) in [5.74, 6) is -0.176. The van der Waals surface area contributed by atoms with Crippen LogP contribution in [0.1, 0.15) is 36.4 Å². The number of nitrogens with zero attached hydrogens (tertiary/aromatic N) is 1. The molecule has 0 N–H and O–H groups in total. The van der Waals surface area contributed by atoms with Crippen molar-refractivity contribution in [3.8, 4) is 10.1 Å². The second kappa shape index (κ2) is 4.87. The molecule has 0 bridgehead atoms. The fourth-order valence-corrected chi connectivity index (χ4v) is 4.72. The standard InChI is InChI=1S/C18H11NO2Se/c1-10-6-8-11(9-7-10)18-19-14-15(20)12-4-2-3-5-13(12)16(21)17(14)22-18/h2-9H,1H3. The summed E-state index contributed by atoms with van der Waals surface area (Å²) in [7, 11) is 0. The van der Waals surface area contributed by atoms with E-state index in [1.807, 2.05) is 31.2 Å². The third kappa shape index (κ3) is 1.92. The van der Waals surface area contributed by atoms with Gasteiger partial charge in [0.1, 0.15) is 0 Å². The fraction of sp³-hybridized carbons (Fsp3) is 0.0556. The van der Waals surface area contributed by atoms with Crippen molar-refractivity contribution in [3.05, 3.63) is 75.4 Å². The molecule has 0 fully saturated rings. The van der Waals surface area contributed by atoms with Crippen LogP contribution in [0.25, 0.3) is 10.1 Å². The molecule has 1 heterocycles. The van der Waals surface area contributed by atoms with Gasteiger partial charge < -0.3 is 0 Å².